The van der Waals surface area contributed by atoms with Crippen molar-refractivity contribution in [1.82, 2.24) is 9.78 Å². The maximum absolute atomic E-state index is 12.2. The Balaban J connectivity index is 2.27. The Morgan fingerprint density at radius 2 is 2.05 bits per heavy atom. The lowest BCUT2D eigenvalue weighted by Crippen LogP contribution is -2.18. The molecular weight excluding hydrogens is 242 g/mol. The highest BCUT2D eigenvalue weighted by atomic mass is 16.1. The maximum atomic E-state index is 12.2. The van der Waals surface area contributed by atoms with Crippen LogP contribution in [0.15, 0.2) is 24.3 Å². The molecule has 4 N–H and O–H groups in total. The van der Waals surface area contributed by atoms with Gasteiger partial charge in [0.25, 0.3) is 5.91 Å². The molecule has 1 aromatic carbocycles. The van der Waals surface area contributed by atoms with Crippen LogP contribution in [-0.2, 0) is 7.05 Å². The normalized spacial score (nSPS) is 10.3. The van der Waals surface area contributed by atoms with E-state index in [1.807, 2.05) is 32.0 Å². The van der Waals surface area contributed by atoms with Crippen molar-refractivity contribution in [2.75, 3.05) is 10.7 Å². The molecule has 1 amide bonds. The Hall–Kier alpha value is -2.34. The molecule has 0 saturated carbocycles. The van der Waals surface area contributed by atoms with Crippen LogP contribution in [0, 0.1) is 13.8 Å². The van der Waals surface area contributed by atoms with Gasteiger partial charge in [-0.15, -0.1) is 0 Å². The quantitative estimate of drug-likeness (QED) is 0.577. The van der Waals surface area contributed by atoms with Gasteiger partial charge in [-0.25, -0.2) is 0 Å². The zero-order chi connectivity index (χ0) is 14.0. The number of carbonyl (C=O) groups is 1. The van der Waals surface area contributed by atoms with Crippen LogP contribution >= 0.6 is 0 Å². The van der Waals surface area contributed by atoms with Crippen LogP contribution in [-0.4, -0.2) is 15.7 Å². The number of rotatable bonds is 3. The fourth-order valence-electron chi connectivity index (χ4n) is 1.89. The fourth-order valence-corrected chi connectivity index (χ4v) is 1.89. The van der Waals surface area contributed by atoms with E-state index in [1.54, 1.807) is 17.8 Å². The molecule has 0 aliphatic rings. The van der Waals surface area contributed by atoms with Crippen molar-refractivity contribution in [3.63, 3.8) is 0 Å². The number of carbonyl (C=O) groups excluding carboxylic acids is 1. The number of anilines is 2. The fraction of sp³-hybridized carbons (Fsp3) is 0.231. The van der Waals surface area contributed by atoms with Gasteiger partial charge in [0.2, 0.25) is 0 Å². The molecule has 0 radical (unpaired) electrons. The molecule has 0 unspecified atom stereocenters. The van der Waals surface area contributed by atoms with Gasteiger partial charge in [-0.05, 0) is 31.5 Å². The van der Waals surface area contributed by atoms with E-state index in [9.17, 15) is 4.79 Å². The average Bonchev–Trinajstić information content (AvgIpc) is 2.67. The second-order valence-corrected chi connectivity index (χ2v) is 4.44. The molecule has 1 heterocycles. The molecular formula is C13H17N5O. The standard InChI is InChI=1S/C13H17N5O/c1-8-4-5-10(11(6-8)16-14)13(19)15-12-7-9(2)17-18(12)3/h4-7,16H,14H2,1-3H3,(H,15,19). The molecule has 19 heavy (non-hydrogen) atoms. The summed E-state index contributed by atoms with van der Waals surface area (Å²) in [7, 11) is 1.78. The summed E-state index contributed by atoms with van der Waals surface area (Å²) < 4.78 is 1.62. The van der Waals surface area contributed by atoms with E-state index in [1.165, 1.54) is 0 Å². The zero-order valence-corrected chi connectivity index (χ0v) is 11.2. The highest BCUT2D eigenvalue weighted by Crippen LogP contribution is 2.18. The van der Waals surface area contributed by atoms with E-state index in [2.05, 4.69) is 15.8 Å². The van der Waals surface area contributed by atoms with E-state index in [0.29, 0.717) is 17.1 Å². The average molecular weight is 259 g/mol. The third kappa shape index (κ3) is 2.74. The van der Waals surface area contributed by atoms with E-state index < -0.39 is 0 Å². The number of nitrogens with zero attached hydrogens (tertiary/aromatic N) is 2. The van der Waals surface area contributed by atoms with E-state index in [4.69, 9.17) is 5.84 Å². The third-order valence-electron chi connectivity index (χ3n) is 2.82. The Bertz CT molecular complexity index is 617. The van der Waals surface area contributed by atoms with Gasteiger partial charge in [0, 0.05) is 13.1 Å². The van der Waals surface area contributed by atoms with E-state index in [-0.39, 0.29) is 5.91 Å². The van der Waals surface area contributed by atoms with Gasteiger partial charge < -0.3 is 10.7 Å². The number of hydrogen-bond acceptors (Lipinski definition) is 4. The van der Waals surface area contributed by atoms with Crippen LogP contribution in [0.25, 0.3) is 0 Å². The number of hydrogen-bond donors (Lipinski definition) is 3. The zero-order valence-electron chi connectivity index (χ0n) is 11.2. The summed E-state index contributed by atoms with van der Waals surface area (Å²) >= 11 is 0. The van der Waals surface area contributed by atoms with Gasteiger partial charge >= 0.3 is 0 Å². The van der Waals surface area contributed by atoms with Crippen LogP contribution in [0.5, 0.6) is 0 Å². The first kappa shape index (κ1) is 13.1. The van der Waals surface area contributed by atoms with Gasteiger partial charge in [0.05, 0.1) is 16.9 Å². The topological polar surface area (TPSA) is 85.0 Å². The summed E-state index contributed by atoms with van der Waals surface area (Å²) in [6.07, 6.45) is 0. The molecule has 2 rings (SSSR count). The van der Waals surface area contributed by atoms with Crippen LogP contribution < -0.4 is 16.6 Å². The maximum Gasteiger partial charge on any atom is 0.258 e. The van der Waals surface area contributed by atoms with Gasteiger partial charge in [0.1, 0.15) is 5.82 Å². The largest absolute Gasteiger partial charge is 0.323 e. The number of hydrazine groups is 1. The minimum absolute atomic E-state index is 0.226. The molecule has 2 aromatic rings. The number of nitrogens with one attached hydrogen (secondary N) is 2. The molecule has 6 nitrogen and oxygen atoms in total. The monoisotopic (exact) mass is 259 g/mol. The first-order valence-electron chi connectivity index (χ1n) is 5.90. The summed E-state index contributed by atoms with van der Waals surface area (Å²) in [6, 6.07) is 7.23. The Labute approximate surface area is 111 Å². The molecule has 0 aliphatic heterocycles. The number of aryl methyl sites for hydroxylation is 3. The molecule has 1 aromatic heterocycles. The van der Waals surface area contributed by atoms with Crippen molar-refractivity contribution in [3.05, 3.63) is 41.1 Å². The first-order valence-corrected chi connectivity index (χ1v) is 5.90. The van der Waals surface area contributed by atoms with E-state index in [0.717, 1.165) is 11.3 Å². The van der Waals surface area contributed by atoms with Crippen LogP contribution in [0.3, 0.4) is 0 Å². The van der Waals surface area contributed by atoms with Crippen molar-refractivity contribution < 1.29 is 4.79 Å². The smallest absolute Gasteiger partial charge is 0.258 e. The minimum Gasteiger partial charge on any atom is -0.323 e. The molecule has 0 fully saturated rings. The lowest BCUT2D eigenvalue weighted by Gasteiger charge is -2.10. The van der Waals surface area contributed by atoms with Crippen molar-refractivity contribution in [2.45, 2.75) is 13.8 Å². The van der Waals surface area contributed by atoms with Gasteiger partial charge in [-0.1, -0.05) is 6.07 Å². The molecule has 0 atom stereocenters. The van der Waals surface area contributed by atoms with Gasteiger partial charge in [-0.3, -0.25) is 15.3 Å². The van der Waals surface area contributed by atoms with Crippen molar-refractivity contribution in [3.8, 4) is 0 Å². The molecule has 100 valence electrons. The molecule has 0 bridgehead atoms. The highest BCUT2D eigenvalue weighted by Gasteiger charge is 2.13. The highest BCUT2D eigenvalue weighted by molar-refractivity contribution is 6.07. The summed E-state index contributed by atoms with van der Waals surface area (Å²) in [4.78, 5) is 12.2. The number of aromatic nitrogens is 2. The molecule has 0 spiro atoms. The minimum atomic E-state index is -0.226. The molecule has 0 aliphatic carbocycles. The van der Waals surface area contributed by atoms with Gasteiger partial charge in [0.15, 0.2) is 0 Å². The lowest BCUT2D eigenvalue weighted by atomic mass is 10.1. The van der Waals surface area contributed by atoms with Crippen LogP contribution in [0.2, 0.25) is 0 Å². The van der Waals surface area contributed by atoms with Crippen molar-refractivity contribution in [1.29, 1.82) is 0 Å². The number of nitrogens with two attached hydrogens (primary N) is 1. The number of nitrogen functional groups attached to an aromatic ring is 1. The SMILES string of the molecule is Cc1ccc(C(=O)Nc2cc(C)nn2C)c(NN)c1. The summed E-state index contributed by atoms with van der Waals surface area (Å²) in [5.74, 6) is 5.86. The second kappa shape index (κ2) is 5.11. The Kier molecular flexibility index (Phi) is 3.52. The Morgan fingerprint density at radius 3 is 2.63 bits per heavy atom. The summed E-state index contributed by atoms with van der Waals surface area (Å²) in [5, 5.41) is 6.98. The second-order valence-electron chi connectivity index (χ2n) is 4.44. The molecule has 6 heteroatoms. The molecule has 0 saturated heterocycles. The number of benzene rings is 1. The first-order chi connectivity index (χ1) is 9.01. The third-order valence-corrected chi connectivity index (χ3v) is 2.82. The van der Waals surface area contributed by atoms with Crippen molar-refractivity contribution in [2.24, 2.45) is 12.9 Å². The van der Waals surface area contributed by atoms with Crippen LogP contribution in [0.4, 0.5) is 11.5 Å². The predicted molar refractivity (Wildman–Crippen MR) is 74.9 cm³/mol. The number of amides is 1. The van der Waals surface area contributed by atoms with Gasteiger partial charge in [-0.2, -0.15) is 5.10 Å². The van der Waals surface area contributed by atoms with Crippen molar-refractivity contribution >= 4 is 17.4 Å². The van der Waals surface area contributed by atoms with E-state index >= 15 is 0 Å². The summed E-state index contributed by atoms with van der Waals surface area (Å²) in [5.41, 5.74) is 5.50. The Morgan fingerprint density at radius 1 is 1.32 bits per heavy atom. The summed E-state index contributed by atoms with van der Waals surface area (Å²) in [6.45, 7) is 3.81. The van der Waals surface area contributed by atoms with Crippen LogP contribution in [0.1, 0.15) is 21.6 Å². The predicted octanol–water partition coefficient (Wildman–Crippen LogP) is 1.57. The lowest BCUT2D eigenvalue weighted by molar-refractivity contribution is 0.102.